The zero-order valence-corrected chi connectivity index (χ0v) is 16.5. The van der Waals surface area contributed by atoms with Crippen LogP contribution in [0.3, 0.4) is 0 Å². The fourth-order valence-corrected chi connectivity index (χ4v) is 3.19. The van der Waals surface area contributed by atoms with Gasteiger partial charge in [-0.2, -0.15) is 4.39 Å². The molecule has 6 heteroatoms. The second-order valence-electron chi connectivity index (χ2n) is 7.07. The molecule has 0 aliphatic carbocycles. The van der Waals surface area contributed by atoms with E-state index in [-0.39, 0.29) is 0 Å². The number of aromatic nitrogens is 4. The third-order valence-corrected chi connectivity index (χ3v) is 4.68. The van der Waals surface area contributed by atoms with Gasteiger partial charge in [-0.3, -0.25) is 4.98 Å². The molecule has 0 saturated heterocycles. The summed E-state index contributed by atoms with van der Waals surface area (Å²) in [6, 6.07) is 11.1. The molecule has 29 heavy (non-hydrogen) atoms. The van der Waals surface area contributed by atoms with Crippen LogP contribution in [-0.4, -0.2) is 19.9 Å². The van der Waals surface area contributed by atoms with E-state index in [4.69, 9.17) is 4.74 Å². The number of hydrogen-bond donors (Lipinski definition) is 1. The summed E-state index contributed by atoms with van der Waals surface area (Å²) in [7, 11) is 0. The predicted molar refractivity (Wildman–Crippen MR) is 110 cm³/mol. The Hall–Kier alpha value is -3.54. The first-order valence-corrected chi connectivity index (χ1v) is 9.32. The van der Waals surface area contributed by atoms with Crippen LogP contribution in [0.5, 0.6) is 5.75 Å². The van der Waals surface area contributed by atoms with Crippen LogP contribution in [-0.2, 0) is 6.61 Å². The first-order chi connectivity index (χ1) is 14.0. The molecule has 0 radical (unpaired) electrons. The van der Waals surface area contributed by atoms with Crippen LogP contribution in [0.2, 0.25) is 0 Å². The zero-order chi connectivity index (χ0) is 20.4. The van der Waals surface area contributed by atoms with Crippen LogP contribution >= 0.6 is 0 Å². The Morgan fingerprint density at radius 2 is 1.66 bits per heavy atom. The van der Waals surface area contributed by atoms with Crippen molar-refractivity contribution >= 4 is 0 Å². The Morgan fingerprint density at radius 1 is 0.862 bits per heavy atom. The zero-order valence-electron chi connectivity index (χ0n) is 16.5. The molecule has 4 aromatic rings. The molecular weight excluding hydrogens is 367 g/mol. The molecule has 0 saturated carbocycles. The average Bonchev–Trinajstić information content (AvgIpc) is 3.19. The molecule has 0 aliphatic heterocycles. The van der Waals surface area contributed by atoms with Crippen molar-refractivity contribution in [1.29, 1.82) is 0 Å². The minimum absolute atomic E-state index is 0.424. The van der Waals surface area contributed by atoms with Gasteiger partial charge in [0.1, 0.15) is 18.2 Å². The largest absolute Gasteiger partial charge is 0.487 e. The lowest BCUT2D eigenvalue weighted by atomic mass is 10.0. The van der Waals surface area contributed by atoms with Gasteiger partial charge in [-0.15, -0.1) is 0 Å². The monoisotopic (exact) mass is 388 g/mol. The van der Waals surface area contributed by atoms with Gasteiger partial charge in [0.2, 0.25) is 5.95 Å². The summed E-state index contributed by atoms with van der Waals surface area (Å²) < 4.78 is 19.1. The van der Waals surface area contributed by atoms with Crippen LogP contribution in [0.25, 0.3) is 22.6 Å². The Balaban J connectivity index is 1.55. The molecule has 0 bridgehead atoms. The summed E-state index contributed by atoms with van der Waals surface area (Å²) in [5.41, 5.74) is 6.71. The molecule has 3 heterocycles. The standard InChI is InChI=1S/C23H21FN4O/c1-14-4-6-19(25-10-14)13-29-22-15(2)8-18(9-16(22)3)20-12-27-23(28-20)17-5-7-21(24)26-11-17/h4-12H,13H2,1-3H3,(H,27,28). The third-order valence-electron chi connectivity index (χ3n) is 4.68. The summed E-state index contributed by atoms with van der Waals surface area (Å²) in [5, 5.41) is 0. The number of imidazole rings is 1. The highest BCUT2D eigenvalue weighted by molar-refractivity contribution is 5.67. The molecule has 5 nitrogen and oxygen atoms in total. The van der Waals surface area contributed by atoms with Crippen molar-refractivity contribution in [2.45, 2.75) is 27.4 Å². The quantitative estimate of drug-likeness (QED) is 0.479. The maximum Gasteiger partial charge on any atom is 0.212 e. The summed E-state index contributed by atoms with van der Waals surface area (Å²) in [6.45, 7) is 6.48. The van der Waals surface area contributed by atoms with E-state index in [1.807, 2.05) is 39.1 Å². The smallest absolute Gasteiger partial charge is 0.212 e. The topological polar surface area (TPSA) is 63.7 Å². The number of benzene rings is 1. The molecular formula is C23H21FN4O. The van der Waals surface area contributed by atoms with Gasteiger partial charge in [0.05, 0.1) is 17.6 Å². The van der Waals surface area contributed by atoms with Crippen molar-refractivity contribution in [3.8, 4) is 28.4 Å². The van der Waals surface area contributed by atoms with Crippen molar-refractivity contribution in [2.24, 2.45) is 0 Å². The molecule has 4 rings (SSSR count). The number of rotatable bonds is 5. The maximum absolute atomic E-state index is 13.0. The second-order valence-corrected chi connectivity index (χ2v) is 7.07. The molecule has 0 spiro atoms. The van der Waals surface area contributed by atoms with Crippen LogP contribution in [0.15, 0.2) is 55.0 Å². The van der Waals surface area contributed by atoms with Gasteiger partial charge in [0.15, 0.2) is 0 Å². The highest BCUT2D eigenvalue weighted by atomic mass is 19.1. The lowest BCUT2D eigenvalue weighted by Gasteiger charge is -2.13. The average molecular weight is 388 g/mol. The molecule has 0 amide bonds. The Labute approximate surface area is 168 Å². The first-order valence-electron chi connectivity index (χ1n) is 9.32. The number of H-pyrrole nitrogens is 1. The van der Waals surface area contributed by atoms with Crippen molar-refractivity contribution in [3.05, 3.63) is 83.3 Å². The molecule has 0 aliphatic rings. The number of pyridine rings is 2. The number of nitrogens with zero attached hydrogens (tertiary/aromatic N) is 3. The molecule has 0 fully saturated rings. The van der Waals surface area contributed by atoms with E-state index in [9.17, 15) is 4.39 Å². The Kier molecular flexibility index (Phi) is 5.08. The van der Waals surface area contributed by atoms with Gasteiger partial charge in [-0.25, -0.2) is 9.97 Å². The van der Waals surface area contributed by atoms with E-state index >= 15 is 0 Å². The number of aromatic amines is 1. The summed E-state index contributed by atoms with van der Waals surface area (Å²) in [5.74, 6) is 0.996. The maximum atomic E-state index is 13.0. The lowest BCUT2D eigenvalue weighted by Crippen LogP contribution is -2.01. The Morgan fingerprint density at radius 3 is 2.31 bits per heavy atom. The van der Waals surface area contributed by atoms with E-state index in [2.05, 4.69) is 32.1 Å². The number of hydrogen-bond acceptors (Lipinski definition) is 4. The normalized spacial score (nSPS) is 10.9. The van der Waals surface area contributed by atoms with Gasteiger partial charge in [-0.05, 0) is 67.8 Å². The van der Waals surface area contributed by atoms with Crippen LogP contribution in [0.1, 0.15) is 22.4 Å². The van der Waals surface area contributed by atoms with Crippen molar-refractivity contribution in [3.63, 3.8) is 0 Å². The number of nitrogens with one attached hydrogen (secondary N) is 1. The fraction of sp³-hybridized carbons (Fsp3) is 0.174. The van der Waals surface area contributed by atoms with Gasteiger partial charge in [0, 0.05) is 23.5 Å². The van der Waals surface area contributed by atoms with Crippen molar-refractivity contribution in [2.75, 3.05) is 0 Å². The van der Waals surface area contributed by atoms with E-state index < -0.39 is 5.95 Å². The Bertz CT molecular complexity index is 1110. The van der Waals surface area contributed by atoms with E-state index in [0.717, 1.165) is 45.0 Å². The van der Waals surface area contributed by atoms with Gasteiger partial charge >= 0.3 is 0 Å². The molecule has 146 valence electrons. The van der Waals surface area contributed by atoms with E-state index in [0.29, 0.717) is 12.4 Å². The van der Waals surface area contributed by atoms with Gasteiger partial charge in [0.25, 0.3) is 0 Å². The third kappa shape index (κ3) is 4.16. The van der Waals surface area contributed by atoms with Crippen molar-refractivity contribution < 1.29 is 9.13 Å². The fourth-order valence-electron chi connectivity index (χ4n) is 3.19. The van der Waals surface area contributed by atoms with Crippen LogP contribution < -0.4 is 4.74 Å². The molecule has 0 atom stereocenters. The van der Waals surface area contributed by atoms with Gasteiger partial charge < -0.3 is 9.72 Å². The lowest BCUT2D eigenvalue weighted by molar-refractivity contribution is 0.297. The highest BCUT2D eigenvalue weighted by Crippen LogP contribution is 2.31. The first kappa shape index (κ1) is 18.8. The highest BCUT2D eigenvalue weighted by Gasteiger charge is 2.11. The number of halogens is 1. The van der Waals surface area contributed by atoms with E-state index in [1.165, 1.54) is 12.3 Å². The summed E-state index contributed by atoms with van der Waals surface area (Å²) >= 11 is 0. The second kappa shape index (κ2) is 7.83. The van der Waals surface area contributed by atoms with Gasteiger partial charge in [-0.1, -0.05) is 6.07 Å². The summed E-state index contributed by atoms with van der Waals surface area (Å²) in [6.07, 6.45) is 5.07. The number of ether oxygens (including phenoxy) is 1. The predicted octanol–water partition coefficient (Wildman–Crippen LogP) is 5.18. The molecule has 0 unspecified atom stereocenters. The molecule has 1 N–H and O–H groups in total. The molecule has 3 aromatic heterocycles. The van der Waals surface area contributed by atoms with E-state index in [1.54, 1.807) is 12.3 Å². The van der Waals surface area contributed by atoms with Crippen LogP contribution in [0, 0.1) is 26.7 Å². The molecule has 1 aromatic carbocycles. The number of aryl methyl sites for hydroxylation is 3. The minimum atomic E-state index is -0.511. The minimum Gasteiger partial charge on any atom is -0.487 e. The van der Waals surface area contributed by atoms with Crippen molar-refractivity contribution in [1.82, 2.24) is 19.9 Å². The summed E-state index contributed by atoms with van der Waals surface area (Å²) in [4.78, 5) is 15.7. The van der Waals surface area contributed by atoms with Crippen LogP contribution in [0.4, 0.5) is 4.39 Å². The SMILES string of the molecule is Cc1ccc(COc2c(C)cc(-c3cnc(-c4ccc(F)nc4)[nH]3)cc2C)nc1.